The standard InChI is InChI=1S/C19H19N/c1-3-14-5-7-16(8-6-14)17-9-10-18-11-15(4-2)13-20-19(18)12-17/h3-5,7,9-12,20H,1-2,6,8,13H2. The Morgan fingerprint density at radius 3 is 2.55 bits per heavy atom. The Bertz CT molecular complexity index is 656. The second kappa shape index (κ2) is 5.38. The van der Waals surface area contributed by atoms with Gasteiger partial charge in [0.05, 0.1) is 0 Å². The molecule has 1 aromatic carbocycles. The van der Waals surface area contributed by atoms with Crippen LogP contribution in [0.25, 0.3) is 11.6 Å². The minimum absolute atomic E-state index is 0.861. The monoisotopic (exact) mass is 261 g/mol. The van der Waals surface area contributed by atoms with Crippen molar-refractivity contribution in [2.45, 2.75) is 12.8 Å². The van der Waals surface area contributed by atoms with Gasteiger partial charge in [0.25, 0.3) is 0 Å². The molecule has 0 saturated carbocycles. The summed E-state index contributed by atoms with van der Waals surface area (Å²) in [6.07, 6.45) is 12.6. The molecule has 1 heteroatoms. The molecule has 0 amide bonds. The molecule has 0 saturated heterocycles. The molecule has 0 spiro atoms. The number of rotatable bonds is 3. The average Bonchev–Trinajstić information content (AvgIpc) is 2.54. The summed E-state index contributed by atoms with van der Waals surface area (Å²) in [5.41, 5.74) is 7.73. The van der Waals surface area contributed by atoms with Crippen molar-refractivity contribution in [2.75, 3.05) is 11.9 Å². The Hall–Kier alpha value is -2.28. The van der Waals surface area contributed by atoms with Crippen LogP contribution in [0.2, 0.25) is 0 Å². The van der Waals surface area contributed by atoms with Gasteiger partial charge in [-0.1, -0.05) is 49.6 Å². The number of hydrogen-bond acceptors (Lipinski definition) is 1. The van der Waals surface area contributed by atoms with Crippen molar-refractivity contribution in [2.24, 2.45) is 0 Å². The second-order valence-electron chi connectivity index (χ2n) is 5.22. The minimum atomic E-state index is 0.861. The van der Waals surface area contributed by atoms with Crippen LogP contribution in [0.3, 0.4) is 0 Å². The lowest BCUT2D eigenvalue weighted by Crippen LogP contribution is -2.09. The van der Waals surface area contributed by atoms with Crippen molar-refractivity contribution in [1.29, 1.82) is 0 Å². The van der Waals surface area contributed by atoms with Crippen LogP contribution in [-0.2, 0) is 0 Å². The maximum Gasteiger partial charge on any atom is 0.0422 e. The third kappa shape index (κ3) is 2.39. The molecule has 3 rings (SSSR count). The van der Waals surface area contributed by atoms with Crippen LogP contribution in [0.1, 0.15) is 24.0 Å². The molecule has 0 unspecified atom stereocenters. The van der Waals surface area contributed by atoms with Gasteiger partial charge >= 0.3 is 0 Å². The number of anilines is 1. The highest BCUT2D eigenvalue weighted by molar-refractivity contribution is 5.79. The van der Waals surface area contributed by atoms with Gasteiger partial charge in [-0.25, -0.2) is 0 Å². The summed E-state index contributed by atoms with van der Waals surface area (Å²) in [7, 11) is 0. The van der Waals surface area contributed by atoms with Crippen molar-refractivity contribution in [3.8, 4) is 0 Å². The molecule has 0 atom stereocenters. The summed E-state index contributed by atoms with van der Waals surface area (Å²) in [6.45, 7) is 8.52. The lowest BCUT2D eigenvalue weighted by Gasteiger charge is -2.19. The molecule has 1 N–H and O–H groups in total. The molecular formula is C19H19N. The fourth-order valence-corrected chi connectivity index (χ4v) is 2.68. The number of hydrogen-bond donors (Lipinski definition) is 1. The Morgan fingerprint density at radius 2 is 1.85 bits per heavy atom. The van der Waals surface area contributed by atoms with E-state index in [1.165, 1.54) is 33.5 Å². The first-order chi connectivity index (χ1) is 9.80. The summed E-state index contributed by atoms with van der Waals surface area (Å²) in [4.78, 5) is 0. The molecule has 1 aromatic rings. The van der Waals surface area contributed by atoms with Crippen molar-refractivity contribution in [3.63, 3.8) is 0 Å². The number of allylic oxidation sites excluding steroid dienone is 5. The van der Waals surface area contributed by atoms with Crippen LogP contribution in [0, 0.1) is 0 Å². The van der Waals surface area contributed by atoms with Gasteiger partial charge in [0.15, 0.2) is 0 Å². The molecule has 0 radical (unpaired) electrons. The van der Waals surface area contributed by atoms with Gasteiger partial charge < -0.3 is 5.32 Å². The van der Waals surface area contributed by atoms with Crippen LogP contribution in [0.5, 0.6) is 0 Å². The van der Waals surface area contributed by atoms with E-state index in [0.29, 0.717) is 0 Å². The fourth-order valence-electron chi connectivity index (χ4n) is 2.68. The molecule has 2 aliphatic rings. The summed E-state index contributed by atoms with van der Waals surface area (Å²) >= 11 is 0. The molecule has 20 heavy (non-hydrogen) atoms. The van der Waals surface area contributed by atoms with E-state index in [0.717, 1.165) is 19.4 Å². The zero-order chi connectivity index (χ0) is 13.9. The van der Waals surface area contributed by atoms with Crippen molar-refractivity contribution >= 4 is 17.3 Å². The molecule has 0 aromatic heterocycles. The second-order valence-corrected chi connectivity index (χ2v) is 5.22. The van der Waals surface area contributed by atoms with Gasteiger partial charge in [-0.05, 0) is 52.8 Å². The van der Waals surface area contributed by atoms with E-state index in [4.69, 9.17) is 0 Å². The quantitative estimate of drug-likeness (QED) is 0.810. The molecule has 1 aliphatic heterocycles. The Kier molecular flexibility index (Phi) is 3.42. The minimum Gasteiger partial charge on any atom is -0.380 e. The van der Waals surface area contributed by atoms with Crippen LogP contribution >= 0.6 is 0 Å². The summed E-state index contributed by atoms with van der Waals surface area (Å²) in [5.74, 6) is 0. The Labute approximate surface area is 120 Å². The maximum absolute atomic E-state index is 3.83. The van der Waals surface area contributed by atoms with Crippen molar-refractivity contribution in [3.05, 3.63) is 77.9 Å². The molecule has 1 aliphatic carbocycles. The van der Waals surface area contributed by atoms with Gasteiger partial charge in [0.2, 0.25) is 0 Å². The van der Waals surface area contributed by atoms with Crippen molar-refractivity contribution < 1.29 is 0 Å². The first kappa shape index (κ1) is 12.7. The van der Waals surface area contributed by atoms with E-state index >= 15 is 0 Å². The maximum atomic E-state index is 3.83. The fraction of sp³-hybridized carbons (Fsp3) is 0.158. The zero-order valence-electron chi connectivity index (χ0n) is 11.7. The highest BCUT2D eigenvalue weighted by Gasteiger charge is 2.11. The smallest absolute Gasteiger partial charge is 0.0422 e. The van der Waals surface area contributed by atoms with Crippen molar-refractivity contribution in [1.82, 2.24) is 0 Å². The van der Waals surface area contributed by atoms with Crippen LogP contribution < -0.4 is 5.32 Å². The normalized spacial score (nSPS) is 17.1. The molecule has 0 fully saturated rings. The summed E-state index contributed by atoms with van der Waals surface area (Å²) < 4.78 is 0. The number of benzene rings is 1. The highest BCUT2D eigenvalue weighted by Crippen LogP contribution is 2.32. The topological polar surface area (TPSA) is 12.0 Å². The van der Waals surface area contributed by atoms with Crippen LogP contribution in [-0.4, -0.2) is 6.54 Å². The van der Waals surface area contributed by atoms with Gasteiger partial charge in [0, 0.05) is 12.2 Å². The van der Waals surface area contributed by atoms with Gasteiger partial charge in [-0.3, -0.25) is 0 Å². The Balaban J connectivity index is 1.93. The molecule has 0 bridgehead atoms. The predicted octanol–water partition coefficient (Wildman–Crippen LogP) is 4.97. The first-order valence-electron chi connectivity index (χ1n) is 7.03. The van der Waals surface area contributed by atoms with E-state index in [1.807, 2.05) is 12.2 Å². The van der Waals surface area contributed by atoms with Gasteiger partial charge in [-0.2, -0.15) is 0 Å². The van der Waals surface area contributed by atoms with Crippen LogP contribution in [0.15, 0.2) is 66.8 Å². The predicted molar refractivity (Wildman–Crippen MR) is 88.6 cm³/mol. The van der Waals surface area contributed by atoms with Gasteiger partial charge in [0.1, 0.15) is 0 Å². The van der Waals surface area contributed by atoms with E-state index in [9.17, 15) is 0 Å². The molecule has 100 valence electrons. The zero-order valence-corrected chi connectivity index (χ0v) is 11.7. The lowest BCUT2D eigenvalue weighted by molar-refractivity contribution is 1.01. The number of fused-ring (bicyclic) bond motifs is 1. The first-order valence-corrected chi connectivity index (χ1v) is 7.03. The van der Waals surface area contributed by atoms with E-state index in [1.54, 1.807) is 0 Å². The largest absolute Gasteiger partial charge is 0.380 e. The van der Waals surface area contributed by atoms with E-state index in [2.05, 4.69) is 54.9 Å². The lowest BCUT2D eigenvalue weighted by atomic mass is 9.91. The summed E-state index contributed by atoms with van der Waals surface area (Å²) in [6, 6.07) is 6.65. The molecular weight excluding hydrogens is 242 g/mol. The third-order valence-electron chi connectivity index (χ3n) is 3.95. The SMILES string of the molecule is C=CC1=CC=C(c2ccc3c(c2)NCC(C=C)=C3)CC1. The average molecular weight is 261 g/mol. The summed E-state index contributed by atoms with van der Waals surface area (Å²) in [5, 5.41) is 3.46. The third-order valence-corrected chi connectivity index (χ3v) is 3.95. The molecule has 1 heterocycles. The van der Waals surface area contributed by atoms with Crippen LogP contribution in [0.4, 0.5) is 5.69 Å². The van der Waals surface area contributed by atoms with Gasteiger partial charge in [-0.15, -0.1) is 0 Å². The van der Waals surface area contributed by atoms with E-state index in [-0.39, 0.29) is 0 Å². The number of nitrogens with one attached hydrogen (secondary N) is 1. The Morgan fingerprint density at radius 1 is 1.00 bits per heavy atom. The van der Waals surface area contributed by atoms with E-state index < -0.39 is 0 Å². The highest BCUT2D eigenvalue weighted by atomic mass is 14.9. The molecule has 1 nitrogen and oxygen atoms in total.